The van der Waals surface area contributed by atoms with Crippen molar-refractivity contribution < 1.29 is 4.74 Å². The molecule has 0 amide bonds. The van der Waals surface area contributed by atoms with Crippen molar-refractivity contribution in [1.82, 2.24) is 9.97 Å². The van der Waals surface area contributed by atoms with E-state index in [0.717, 1.165) is 17.2 Å². The van der Waals surface area contributed by atoms with Crippen LogP contribution in [0.2, 0.25) is 5.02 Å². The fraction of sp³-hybridized carbons (Fsp3) is 0.200. The van der Waals surface area contributed by atoms with Crippen LogP contribution in [0.1, 0.15) is 16.8 Å². The lowest BCUT2D eigenvalue weighted by Gasteiger charge is -2.11. The number of benzene rings is 2. The Bertz CT molecular complexity index is 914. The van der Waals surface area contributed by atoms with Gasteiger partial charge in [-0.2, -0.15) is 4.98 Å². The van der Waals surface area contributed by atoms with Crippen LogP contribution in [0, 0.1) is 13.8 Å². The van der Waals surface area contributed by atoms with Gasteiger partial charge in [0.2, 0.25) is 5.95 Å². The monoisotopic (exact) mass is 368 g/mol. The summed E-state index contributed by atoms with van der Waals surface area (Å²) < 4.78 is 5.17. The third kappa shape index (κ3) is 4.64. The predicted octanol–water partition coefficient (Wildman–Crippen LogP) is 5.11. The van der Waals surface area contributed by atoms with Gasteiger partial charge in [-0.25, -0.2) is 4.98 Å². The Morgan fingerprint density at radius 2 is 1.88 bits per heavy atom. The van der Waals surface area contributed by atoms with E-state index in [0.29, 0.717) is 23.3 Å². The molecule has 0 bridgehead atoms. The second-order valence-corrected chi connectivity index (χ2v) is 6.44. The average Bonchev–Trinajstić information content (AvgIpc) is 2.60. The molecule has 0 radical (unpaired) electrons. The Morgan fingerprint density at radius 3 is 2.62 bits per heavy atom. The van der Waals surface area contributed by atoms with Crippen LogP contribution in [-0.4, -0.2) is 17.1 Å². The van der Waals surface area contributed by atoms with Gasteiger partial charge in [0.25, 0.3) is 0 Å². The molecule has 2 aromatic carbocycles. The number of halogens is 1. The second-order valence-electron chi connectivity index (χ2n) is 6.04. The lowest BCUT2D eigenvalue weighted by atomic mass is 10.1. The zero-order valence-corrected chi connectivity index (χ0v) is 15.8. The molecule has 5 nitrogen and oxygen atoms in total. The fourth-order valence-corrected chi connectivity index (χ4v) is 2.86. The topological polar surface area (TPSA) is 59.1 Å². The number of aromatic nitrogens is 2. The summed E-state index contributed by atoms with van der Waals surface area (Å²) in [7, 11) is 1.59. The number of ether oxygens (including phenoxy) is 1. The largest absolute Gasteiger partial charge is 0.495 e. The van der Waals surface area contributed by atoms with E-state index < -0.39 is 0 Å². The van der Waals surface area contributed by atoms with E-state index in [1.165, 1.54) is 11.1 Å². The van der Waals surface area contributed by atoms with Crippen LogP contribution in [0.25, 0.3) is 0 Å². The number of nitrogens with zero attached hydrogens (tertiary/aromatic N) is 2. The van der Waals surface area contributed by atoms with Gasteiger partial charge in [0, 0.05) is 24.0 Å². The first-order valence-corrected chi connectivity index (χ1v) is 8.67. The summed E-state index contributed by atoms with van der Waals surface area (Å²) in [6.07, 6.45) is 0. The SMILES string of the molecule is COc1ccc(Nc2nc(C)cc(NCc3cccc(C)c3)n2)cc1Cl. The summed E-state index contributed by atoms with van der Waals surface area (Å²) in [4.78, 5) is 8.96. The number of aryl methyl sites for hydroxylation is 2. The van der Waals surface area contributed by atoms with Gasteiger partial charge in [-0.3, -0.25) is 0 Å². The lowest BCUT2D eigenvalue weighted by Crippen LogP contribution is -2.05. The van der Waals surface area contributed by atoms with Gasteiger partial charge in [0.15, 0.2) is 0 Å². The highest BCUT2D eigenvalue weighted by Crippen LogP contribution is 2.28. The zero-order chi connectivity index (χ0) is 18.5. The number of nitrogens with one attached hydrogen (secondary N) is 2. The molecule has 3 rings (SSSR count). The highest BCUT2D eigenvalue weighted by atomic mass is 35.5. The van der Waals surface area contributed by atoms with Crippen LogP contribution in [0.15, 0.2) is 48.5 Å². The third-order valence-corrected chi connectivity index (χ3v) is 4.11. The number of methoxy groups -OCH3 is 1. The molecule has 6 heteroatoms. The number of anilines is 3. The predicted molar refractivity (Wildman–Crippen MR) is 107 cm³/mol. The summed E-state index contributed by atoms with van der Waals surface area (Å²) in [5.74, 6) is 1.90. The van der Waals surface area contributed by atoms with Crippen molar-refractivity contribution in [2.75, 3.05) is 17.7 Å². The molecule has 0 atom stereocenters. The van der Waals surface area contributed by atoms with Crippen molar-refractivity contribution >= 4 is 29.1 Å². The minimum absolute atomic E-state index is 0.512. The zero-order valence-electron chi connectivity index (χ0n) is 15.0. The van der Waals surface area contributed by atoms with Crippen molar-refractivity contribution in [1.29, 1.82) is 0 Å². The van der Waals surface area contributed by atoms with Gasteiger partial charge in [-0.15, -0.1) is 0 Å². The first-order valence-electron chi connectivity index (χ1n) is 8.29. The molecule has 0 aliphatic carbocycles. The molecule has 0 unspecified atom stereocenters. The van der Waals surface area contributed by atoms with Crippen LogP contribution < -0.4 is 15.4 Å². The summed E-state index contributed by atoms with van der Waals surface area (Å²) in [5.41, 5.74) is 4.11. The van der Waals surface area contributed by atoms with Crippen molar-refractivity contribution in [3.8, 4) is 5.75 Å². The molecule has 26 heavy (non-hydrogen) atoms. The van der Waals surface area contributed by atoms with Gasteiger partial charge in [0.05, 0.1) is 12.1 Å². The summed E-state index contributed by atoms with van der Waals surface area (Å²) in [5, 5.41) is 7.06. The van der Waals surface area contributed by atoms with Crippen LogP contribution >= 0.6 is 11.6 Å². The maximum absolute atomic E-state index is 6.17. The Hall–Kier alpha value is -2.79. The minimum atomic E-state index is 0.512. The highest BCUT2D eigenvalue weighted by Gasteiger charge is 2.06. The molecule has 3 aromatic rings. The van der Waals surface area contributed by atoms with Crippen LogP contribution in [0.4, 0.5) is 17.5 Å². The molecule has 0 saturated heterocycles. The van der Waals surface area contributed by atoms with E-state index in [2.05, 4.69) is 51.8 Å². The van der Waals surface area contributed by atoms with E-state index in [4.69, 9.17) is 16.3 Å². The molecule has 0 aliphatic heterocycles. The summed E-state index contributed by atoms with van der Waals surface area (Å²) in [6, 6.07) is 15.8. The Labute approximate surface area is 158 Å². The van der Waals surface area contributed by atoms with Gasteiger partial charge < -0.3 is 15.4 Å². The molecule has 1 aromatic heterocycles. The summed E-state index contributed by atoms with van der Waals surface area (Å²) >= 11 is 6.17. The van der Waals surface area contributed by atoms with E-state index in [9.17, 15) is 0 Å². The molecule has 134 valence electrons. The van der Waals surface area contributed by atoms with Gasteiger partial charge in [-0.1, -0.05) is 41.4 Å². The second kappa shape index (κ2) is 8.06. The number of hydrogen-bond donors (Lipinski definition) is 2. The average molecular weight is 369 g/mol. The molecular weight excluding hydrogens is 348 g/mol. The van der Waals surface area contributed by atoms with Gasteiger partial charge in [0.1, 0.15) is 11.6 Å². The normalized spacial score (nSPS) is 10.5. The Kier molecular flexibility index (Phi) is 5.58. The molecule has 1 heterocycles. The van der Waals surface area contributed by atoms with Crippen LogP contribution in [-0.2, 0) is 6.54 Å². The van der Waals surface area contributed by atoms with Crippen LogP contribution in [0.3, 0.4) is 0 Å². The van der Waals surface area contributed by atoms with Crippen LogP contribution in [0.5, 0.6) is 5.75 Å². The minimum Gasteiger partial charge on any atom is -0.495 e. The van der Waals surface area contributed by atoms with E-state index in [1.807, 2.05) is 19.1 Å². The summed E-state index contributed by atoms with van der Waals surface area (Å²) in [6.45, 7) is 4.72. The maximum atomic E-state index is 6.17. The molecule has 0 fully saturated rings. The molecule has 0 aliphatic rings. The fourth-order valence-electron chi connectivity index (χ4n) is 2.60. The maximum Gasteiger partial charge on any atom is 0.229 e. The van der Waals surface area contributed by atoms with Gasteiger partial charge >= 0.3 is 0 Å². The lowest BCUT2D eigenvalue weighted by molar-refractivity contribution is 0.415. The van der Waals surface area contributed by atoms with Gasteiger partial charge in [-0.05, 0) is 37.6 Å². The first kappa shape index (κ1) is 18.0. The number of hydrogen-bond acceptors (Lipinski definition) is 5. The Morgan fingerprint density at radius 1 is 1.04 bits per heavy atom. The molecule has 0 saturated carbocycles. The molecular formula is C20H21ClN4O. The van der Waals surface area contributed by atoms with Crippen molar-refractivity contribution in [3.05, 3.63) is 70.4 Å². The third-order valence-electron chi connectivity index (χ3n) is 3.82. The molecule has 2 N–H and O–H groups in total. The van der Waals surface area contributed by atoms with Crippen molar-refractivity contribution in [2.24, 2.45) is 0 Å². The van der Waals surface area contributed by atoms with Crippen molar-refractivity contribution in [2.45, 2.75) is 20.4 Å². The highest BCUT2D eigenvalue weighted by molar-refractivity contribution is 6.32. The van der Waals surface area contributed by atoms with E-state index >= 15 is 0 Å². The standard InChI is InChI=1S/C20H21ClN4O/c1-13-5-4-6-15(9-13)12-22-19-10-14(2)23-20(25-19)24-16-7-8-18(26-3)17(21)11-16/h4-11H,12H2,1-3H3,(H2,22,23,24,25). The Balaban J connectivity index is 1.74. The van der Waals surface area contributed by atoms with E-state index in [1.54, 1.807) is 19.2 Å². The van der Waals surface area contributed by atoms with Crippen molar-refractivity contribution in [3.63, 3.8) is 0 Å². The number of rotatable bonds is 6. The smallest absolute Gasteiger partial charge is 0.229 e. The first-order chi connectivity index (χ1) is 12.5. The molecule has 0 spiro atoms. The quantitative estimate of drug-likeness (QED) is 0.633. The van der Waals surface area contributed by atoms with E-state index in [-0.39, 0.29) is 0 Å².